The maximum Gasteiger partial charge on any atom is 0.419 e. The van der Waals surface area contributed by atoms with Crippen LogP contribution < -0.4 is 22.2 Å². The van der Waals surface area contributed by atoms with Crippen LogP contribution in [0.3, 0.4) is 0 Å². The highest BCUT2D eigenvalue weighted by molar-refractivity contribution is 7.59. The molecule has 0 spiro atoms. The molecule has 6 aromatic rings. The molecule has 32 heteroatoms. The molecule has 0 radical (unpaired) electrons. The van der Waals surface area contributed by atoms with Gasteiger partial charge in [0, 0.05) is 107 Å². The van der Waals surface area contributed by atoms with E-state index in [1.54, 1.807) is 102 Å². The number of likely N-dealkylation sites (tertiary alicyclic amines) is 2. The summed E-state index contributed by atoms with van der Waals surface area (Å²) in [5, 5.41) is 12.0. The molecule has 0 aliphatic carbocycles. The molecule has 0 bridgehead atoms. The van der Waals surface area contributed by atoms with Gasteiger partial charge in [-0.3, -0.25) is 24.0 Å². The number of aliphatic carboxylic acids is 1. The molecule has 2 unspecified atom stereocenters. The molecule has 2 saturated heterocycles. The molecule has 4 heterocycles. The minimum absolute atomic E-state index is 0. The van der Waals surface area contributed by atoms with Crippen LogP contribution in [0.15, 0.2) is 82.6 Å². The monoisotopic (exact) mass is 1620 g/mol. The molecule has 4 aromatic carbocycles. The van der Waals surface area contributed by atoms with E-state index in [-0.39, 0.29) is 105 Å². The number of rotatable bonds is 29. The molecular formula is C80H100F14N6O11S. The average molecular weight is 1620 g/mol. The number of nitrogens with two attached hydrogens (primary N) is 1. The number of esters is 2. The Labute approximate surface area is 649 Å². The lowest BCUT2D eigenvalue weighted by Crippen LogP contribution is -2.49. The highest BCUT2D eigenvalue weighted by Crippen LogP contribution is 2.44. The van der Waals surface area contributed by atoms with Crippen molar-refractivity contribution in [2.75, 3.05) is 79.9 Å². The van der Waals surface area contributed by atoms with Crippen molar-refractivity contribution < 1.29 is 105 Å². The third-order valence-electron chi connectivity index (χ3n) is 19.6. The summed E-state index contributed by atoms with van der Waals surface area (Å²) in [5.41, 5.74) is 2.96. The van der Waals surface area contributed by atoms with Gasteiger partial charge in [0.2, 0.25) is 5.91 Å². The number of amides is 1. The van der Waals surface area contributed by atoms with Crippen LogP contribution in [0.5, 0.6) is 0 Å². The number of aryl methyl sites for hydroxylation is 4. The number of nitrogens with one attached hydrogen (secondary N) is 1. The van der Waals surface area contributed by atoms with E-state index in [9.17, 15) is 90.9 Å². The number of hydrogen-bond acceptors (Lipinski definition) is 13. The fourth-order valence-electron chi connectivity index (χ4n) is 13.8. The van der Waals surface area contributed by atoms with Crippen molar-refractivity contribution in [3.63, 3.8) is 0 Å². The topological polar surface area (TPSA) is 214 Å². The lowest BCUT2D eigenvalue weighted by molar-refractivity contribution is -0.145. The predicted octanol–water partition coefficient (Wildman–Crippen LogP) is 16.3. The van der Waals surface area contributed by atoms with E-state index >= 15 is 4.39 Å². The van der Waals surface area contributed by atoms with Crippen molar-refractivity contribution in [1.82, 2.24) is 24.3 Å². The van der Waals surface area contributed by atoms with Crippen LogP contribution in [0, 0.1) is 76.8 Å². The fourth-order valence-corrected chi connectivity index (χ4v) is 13.8. The summed E-state index contributed by atoms with van der Waals surface area (Å²) in [4.78, 5) is 80.0. The van der Waals surface area contributed by atoms with E-state index in [0.29, 0.717) is 79.2 Å². The number of aromatic nitrogens is 2. The van der Waals surface area contributed by atoms with E-state index in [4.69, 9.17) is 24.7 Å². The minimum Gasteiger partial charge on any atom is -0.480 e. The number of carbonyl (C=O) groups excluding carboxylic acids is 3. The number of pyridine rings is 2. The second-order valence-corrected chi connectivity index (χ2v) is 29.1. The standard InChI is InChI=1S/C40H48F7N3O5.C21H23F4NO2.C19H27F3N2O4.H2S/c1-8-55-35(52)17-32(29-14-28(15-31(37(29)41)40(45,46)47)36-24(5)10-9-23(4)25(36)6)48-38(53)33(13-22(2)3)50-20-27(30(16-34(50)51)39(42,43)44)11-12-49-18-26(19-49)21-54-7;1-5-28-18(27)10-17(26)15-8-14(9-16(20(15)22)21(23,24)25)19-12(3)7-6-11(2)13(19)4;1-12(2)6-16(18(26)27)24-10-14(15(7-17(24)25)19(20,21)22)4-5-23-8-13(9-23)11-28-3;/h9-10,14-16,20,22,26,32-33H,8,11-13,17-19,21H2,1-7H3,(H,48,53);6-9,17H,5,10,26H2,1-4H3;7,10,12-13,16H,4-6,8-9,11H2,1-3H3,(H,26,27);1H2/t32-,33?;17-;;/m00../s1. The van der Waals surface area contributed by atoms with Crippen LogP contribution in [0.2, 0.25) is 0 Å². The summed E-state index contributed by atoms with van der Waals surface area (Å²) in [5.74, 6) is -6.81. The van der Waals surface area contributed by atoms with Gasteiger partial charge in [-0.1, -0.05) is 52.0 Å². The number of carboxylic acid groups (broad SMARTS) is 1. The van der Waals surface area contributed by atoms with E-state index in [2.05, 4.69) is 5.32 Å². The number of alkyl halides is 12. The molecule has 2 fully saturated rings. The molecular weight excluding hydrogens is 1520 g/mol. The van der Waals surface area contributed by atoms with E-state index in [1.165, 1.54) is 13.0 Å². The highest BCUT2D eigenvalue weighted by atomic mass is 32.1. The Balaban J connectivity index is 0.000000330. The zero-order valence-corrected chi connectivity index (χ0v) is 66.0. The average Bonchev–Trinajstić information content (AvgIpc) is 0.772. The number of methoxy groups -OCH3 is 2. The first-order valence-electron chi connectivity index (χ1n) is 36.3. The van der Waals surface area contributed by atoms with Gasteiger partial charge < -0.3 is 54.0 Å². The molecule has 8 rings (SSSR count). The van der Waals surface area contributed by atoms with Gasteiger partial charge >= 0.3 is 42.6 Å². The van der Waals surface area contributed by atoms with E-state index in [1.807, 2.05) is 22.8 Å². The molecule has 4 atom stereocenters. The van der Waals surface area contributed by atoms with Crippen molar-refractivity contribution >= 4 is 37.3 Å². The van der Waals surface area contributed by atoms with Crippen molar-refractivity contribution in [3.05, 3.63) is 183 Å². The van der Waals surface area contributed by atoms with Crippen molar-refractivity contribution in [3.8, 4) is 22.3 Å². The molecule has 1 amide bonds. The summed E-state index contributed by atoms with van der Waals surface area (Å²) in [7, 11) is 3.17. The molecule has 2 aromatic heterocycles. The third-order valence-corrected chi connectivity index (χ3v) is 19.6. The maximum atomic E-state index is 16.1. The first-order chi connectivity index (χ1) is 51.6. The second kappa shape index (κ2) is 40.2. The van der Waals surface area contributed by atoms with Gasteiger partial charge in [0.1, 0.15) is 23.7 Å². The molecule has 620 valence electrons. The van der Waals surface area contributed by atoms with Gasteiger partial charge in [-0.2, -0.15) is 66.2 Å². The first kappa shape index (κ1) is 94.4. The minimum atomic E-state index is -5.18. The van der Waals surface area contributed by atoms with Crippen LogP contribution in [0.25, 0.3) is 22.3 Å². The Morgan fingerprint density at radius 2 is 0.893 bits per heavy atom. The largest absolute Gasteiger partial charge is 0.480 e. The smallest absolute Gasteiger partial charge is 0.419 e. The Kier molecular flexibility index (Phi) is 33.9. The second-order valence-electron chi connectivity index (χ2n) is 29.1. The van der Waals surface area contributed by atoms with Crippen LogP contribution in [-0.2, 0) is 75.7 Å². The Morgan fingerprint density at radius 3 is 1.26 bits per heavy atom. The van der Waals surface area contributed by atoms with Gasteiger partial charge in [0.15, 0.2) is 0 Å². The van der Waals surface area contributed by atoms with Crippen LogP contribution in [0.4, 0.5) is 61.5 Å². The predicted molar refractivity (Wildman–Crippen MR) is 400 cm³/mol. The summed E-state index contributed by atoms with van der Waals surface area (Å²) >= 11 is 0. The van der Waals surface area contributed by atoms with Gasteiger partial charge in [-0.15, -0.1) is 0 Å². The number of ether oxygens (including phenoxy) is 4. The highest BCUT2D eigenvalue weighted by Gasteiger charge is 2.42. The van der Waals surface area contributed by atoms with Crippen molar-refractivity contribution in [1.29, 1.82) is 0 Å². The van der Waals surface area contributed by atoms with Gasteiger partial charge in [-0.25, -0.2) is 13.6 Å². The van der Waals surface area contributed by atoms with Gasteiger partial charge in [0.25, 0.3) is 11.1 Å². The summed E-state index contributed by atoms with van der Waals surface area (Å²) in [6.07, 6.45) is -18.7. The van der Waals surface area contributed by atoms with E-state index < -0.39 is 136 Å². The summed E-state index contributed by atoms with van der Waals surface area (Å²) in [6.45, 7) is 25.2. The van der Waals surface area contributed by atoms with Crippen LogP contribution in [-0.4, -0.2) is 128 Å². The third kappa shape index (κ3) is 24.9. The zero-order chi connectivity index (χ0) is 83.3. The zero-order valence-electron chi connectivity index (χ0n) is 65.0. The molecule has 0 saturated carbocycles. The number of halogens is 14. The van der Waals surface area contributed by atoms with E-state index in [0.717, 1.165) is 69.0 Å². The lowest BCUT2D eigenvalue weighted by Gasteiger charge is -2.39. The number of benzene rings is 4. The lowest BCUT2D eigenvalue weighted by atomic mass is 9.88. The summed E-state index contributed by atoms with van der Waals surface area (Å²) in [6, 6.07) is 6.38. The van der Waals surface area contributed by atoms with Crippen molar-refractivity contribution in [2.45, 2.75) is 170 Å². The summed E-state index contributed by atoms with van der Waals surface area (Å²) < 4.78 is 219. The maximum absolute atomic E-state index is 16.1. The quantitative estimate of drug-likeness (QED) is 0.0294. The Bertz CT molecular complexity index is 4370. The fraction of sp³-hybridized carbons (Fsp3) is 0.525. The normalized spacial score (nSPS) is 14.9. The Hall–Kier alpha value is -8.17. The SMILES string of the molecule is CCOC(=O)C[C@H](N)c1cc(-c2c(C)ccc(C)c2C)cc(C(F)(F)F)c1F.CCOC(=O)C[C@H](NC(=O)C(CC(C)C)n1cc(CCN2CC(COC)C2)c(C(F)(F)F)cc1=O)c1cc(-c2c(C)ccc(C)c2C)cc(C(F)(F)F)c1F.COCC1CN(CCc2cn(C(CC(C)C)C(=O)O)c(=O)cc2C(F)(F)F)C1.S. The molecule has 17 nitrogen and oxygen atoms in total. The molecule has 2 aliphatic rings. The number of carboxylic acids is 1. The number of hydrogen-bond donors (Lipinski definition) is 3. The number of carbonyl (C=O) groups is 4. The van der Waals surface area contributed by atoms with Crippen LogP contribution >= 0.6 is 13.5 Å². The van der Waals surface area contributed by atoms with Crippen LogP contribution in [0.1, 0.15) is 169 Å². The first-order valence-corrected chi connectivity index (χ1v) is 36.3. The van der Waals surface area contributed by atoms with Crippen molar-refractivity contribution in [2.24, 2.45) is 29.4 Å². The molecule has 4 N–H and O–H groups in total. The molecule has 112 heavy (non-hydrogen) atoms. The Morgan fingerprint density at radius 1 is 0.536 bits per heavy atom. The van der Waals surface area contributed by atoms with Gasteiger partial charge in [0.05, 0.1) is 67.6 Å². The number of nitrogens with zero attached hydrogens (tertiary/aromatic N) is 4. The van der Waals surface area contributed by atoms with Gasteiger partial charge in [-0.05, 0) is 184 Å². The molecule has 2 aliphatic heterocycles.